The lowest BCUT2D eigenvalue weighted by Crippen LogP contribution is -2.23. The van der Waals surface area contributed by atoms with Crippen molar-refractivity contribution in [2.45, 2.75) is 12.8 Å². The normalized spacial score (nSPS) is 11.7. The van der Waals surface area contributed by atoms with Gasteiger partial charge in [-0.25, -0.2) is 0 Å². The first-order valence-electron chi connectivity index (χ1n) is 8.76. The van der Waals surface area contributed by atoms with Gasteiger partial charge in [-0.2, -0.15) is 0 Å². The van der Waals surface area contributed by atoms with E-state index in [1.54, 1.807) is 30.3 Å². The number of carbonyl (C=O) groups is 3. The zero-order chi connectivity index (χ0) is 19.2. The number of Topliss-reactive ketones (excluding diaryl/α,β-unsaturated/α-hetero) is 2. The van der Waals surface area contributed by atoms with Crippen LogP contribution in [0, 0.1) is 5.92 Å². The summed E-state index contributed by atoms with van der Waals surface area (Å²) < 4.78 is 4.81. The summed E-state index contributed by atoms with van der Waals surface area (Å²) in [7, 11) is 1.27. The molecule has 3 aromatic rings. The van der Waals surface area contributed by atoms with E-state index in [4.69, 9.17) is 4.74 Å². The molecule has 0 N–H and O–H groups in total. The number of hydrogen-bond acceptors (Lipinski definition) is 4. The Balaban J connectivity index is 1.77. The summed E-state index contributed by atoms with van der Waals surface area (Å²) in [6.07, 6.45) is -0.125. The molecular formula is C23H20O4. The molecule has 0 bridgehead atoms. The van der Waals surface area contributed by atoms with Crippen LogP contribution in [-0.2, 0) is 9.53 Å². The maximum Gasteiger partial charge on any atom is 0.309 e. The first-order valence-corrected chi connectivity index (χ1v) is 8.76. The Bertz CT molecular complexity index is 976. The van der Waals surface area contributed by atoms with E-state index in [1.165, 1.54) is 7.11 Å². The highest BCUT2D eigenvalue weighted by Crippen LogP contribution is 2.21. The average molecular weight is 360 g/mol. The molecule has 136 valence electrons. The fourth-order valence-corrected chi connectivity index (χ4v) is 3.08. The molecule has 3 rings (SSSR count). The number of carbonyl (C=O) groups excluding carboxylic acids is 3. The Morgan fingerprint density at radius 2 is 1.33 bits per heavy atom. The molecule has 0 aliphatic heterocycles. The number of methoxy groups -OCH3 is 1. The molecule has 0 radical (unpaired) electrons. The monoisotopic (exact) mass is 360 g/mol. The summed E-state index contributed by atoms with van der Waals surface area (Å²) in [5.41, 5.74) is 1.04. The number of benzene rings is 3. The predicted molar refractivity (Wildman–Crippen MR) is 104 cm³/mol. The minimum absolute atomic E-state index is 0.0595. The molecule has 0 spiro atoms. The number of esters is 1. The third-order valence-corrected chi connectivity index (χ3v) is 4.57. The molecule has 0 aromatic heterocycles. The van der Waals surface area contributed by atoms with E-state index in [0.29, 0.717) is 11.1 Å². The predicted octanol–water partition coefficient (Wildman–Crippen LogP) is 4.47. The highest BCUT2D eigenvalue weighted by Gasteiger charge is 2.26. The summed E-state index contributed by atoms with van der Waals surface area (Å²) >= 11 is 0. The molecule has 3 aromatic carbocycles. The summed E-state index contributed by atoms with van der Waals surface area (Å²) in [5.74, 6) is -1.72. The number of fused-ring (bicyclic) bond motifs is 1. The lowest BCUT2D eigenvalue weighted by Gasteiger charge is -2.13. The molecule has 0 heterocycles. The molecule has 1 atom stereocenters. The molecule has 0 saturated carbocycles. The van der Waals surface area contributed by atoms with Gasteiger partial charge in [0.05, 0.1) is 13.0 Å². The van der Waals surface area contributed by atoms with Crippen molar-refractivity contribution < 1.29 is 19.1 Å². The molecular weight excluding hydrogens is 340 g/mol. The van der Waals surface area contributed by atoms with Gasteiger partial charge >= 0.3 is 5.97 Å². The molecule has 0 fully saturated rings. The fourth-order valence-electron chi connectivity index (χ4n) is 3.08. The van der Waals surface area contributed by atoms with Crippen molar-refractivity contribution >= 4 is 28.3 Å². The molecule has 0 aliphatic carbocycles. The zero-order valence-electron chi connectivity index (χ0n) is 15.1. The molecule has 0 saturated heterocycles. The number of ketones is 2. The van der Waals surface area contributed by atoms with Crippen molar-refractivity contribution in [3.8, 4) is 0 Å². The van der Waals surface area contributed by atoms with Crippen molar-refractivity contribution in [1.29, 1.82) is 0 Å². The molecule has 0 aliphatic rings. The van der Waals surface area contributed by atoms with Crippen LogP contribution >= 0.6 is 0 Å². The SMILES string of the molecule is COC(=O)C(CC(=O)c1ccccc1)CC(=O)c1ccc2ccccc2c1. The first kappa shape index (κ1) is 18.5. The van der Waals surface area contributed by atoms with Gasteiger partial charge in [-0.05, 0) is 16.8 Å². The fraction of sp³-hybridized carbons (Fsp3) is 0.174. The lowest BCUT2D eigenvalue weighted by molar-refractivity contribution is -0.145. The van der Waals surface area contributed by atoms with Gasteiger partial charge in [-0.15, -0.1) is 0 Å². The summed E-state index contributed by atoms with van der Waals surface area (Å²) in [4.78, 5) is 37.3. The second-order valence-corrected chi connectivity index (χ2v) is 6.40. The maximum absolute atomic E-state index is 12.7. The van der Waals surface area contributed by atoms with Gasteiger partial charge in [-0.1, -0.05) is 66.7 Å². The summed E-state index contributed by atoms with van der Waals surface area (Å²) in [6.45, 7) is 0. The minimum atomic E-state index is -0.804. The van der Waals surface area contributed by atoms with Crippen LogP contribution < -0.4 is 0 Å². The highest BCUT2D eigenvalue weighted by molar-refractivity contribution is 6.03. The van der Waals surface area contributed by atoms with Crippen molar-refractivity contribution in [2.24, 2.45) is 5.92 Å². The van der Waals surface area contributed by atoms with E-state index < -0.39 is 11.9 Å². The largest absolute Gasteiger partial charge is 0.469 e. The van der Waals surface area contributed by atoms with E-state index >= 15 is 0 Å². The highest BCUT2D eigenvalue weighted by atomic mass is 16.5. The smallest absolute Gasteiger partial charge is 0.309 e. The van der Waals surface area contributed by atoms with Crippen LogP contribution in [0.2, 0.25) is 0 Å². The van der Waals surface area contributed by atoms with Gasteiger partial charge < -0.3 is 4.74 Å². The second-order valence-electron chi connectivity index (χ2n) is 6.40. The second kappa shape index (κ2) is 8.41. The van der Waals surface area contributed by atoms with Gasteiger partial charge in [-0.3, -0.25) is 14.4 Å². The Kier molecular flexibility index (Phi) is 5.77. The zero-order valence-corrected chi connectivity index (χ0v) is 15.1. The van der Waals surface area contributed by atoms with E-state index in [2.05, 4.69) is 0 Å². The Morgan fingerprint density at radius 1 is 0.741 bits per heavy atom. The number of rotatable bonds is 7. The first-order chi connectivity index (χ1) is 13.1. The van der Waals surface area contributed by atoms with Crippen LogP contribution in [0.4, 0.5) is 0 Å². The van der Waals surface area contributed by atoms with E-state index in [1.807, 2.05) is 42.5 Å². The van der Waals surface area contributed by atoms with Crippen LogP contribution in [0.1, 0.15) is 33.6 Å². The van der Waals surface area contributed by atoms with Crippen molar-refractivity contribution in [1.82, 2.24) is 0 Å². The van der Waals surface area contributed by atoms with Crippen LogP contribution in [0.25, 0.3) is 10.8 Å². The maximum atomic E-state index is 12.7. The number of ether oxygens (including phenoxy) is 1. The molecule has 0 amide bonds. The van der Waals surface area contributed by atoms with Crippen LogP contribution in [0.5, 0.6) is 0 Å². The van der Waals surface area contributed by atoms with E-state index in [-0.39, 0.29) is 24.4 Å². The van der Waals surface area contributed by atoms with Crippen molar-refractivity contribution in [3.63, 3.8) is 0 Å². The Hall–Kier alpha value is -3.27. The summed E-state index contributed by atoms with van der Waals surface area (Å²) in [6, 6.07) is 21.9. The van der Waals surface area contributed by atoms with Gasteiger partial charge in [0.25, 0.3) is 0 Å². The number of hydrogen-bond donors (Lipinski definition) is 0. The standard InChI is InChI=1S/C23H20O4/c1-27-23(26)20(14-21(24)17-8-3-2-4-9-17)15-22(25)19-12-11-16-7-5-6-10-18(16)13-19/h2-13,20H,14-15H2,1H3. The molecule has 27 heavy (non-hydrogen) atoms. The van der Waals surface area contributed by atoms with Crippen LogP contribution in [-0.4, -0.2) is 24.6 Å². The van der Waals surface area contributed by atoms with Crippen LogP contribution in [0.15, 0.2) is 72.8 Å². The van der Waals surface area contributed by atoms with Gasteiger partial charge in [0.1, 0.15) is 0 Å². The summed E-state index contributed by atoms with van der Waals surface area (Å²) in [5, 5.41) is 2.00. The third kappa shape index (κ3) is 4.47. The molecule has 4 nitrogen and oxygen atoms in total. The lowest BCUT2D eigenvalue weighted by atomic mass is 9.91. The van der Waals surface area contributed by atoms with Gasteiger partial charge in [0.2, 0.25) is 0 Å². The van der Waals surface area contributed by atoms with Crippen molar-refractivity contribution in [2.75, 3.05) is 7.11 Å². The topological polar surface area (TPSA) is 60.4 Å². The van der Waals surface area contributed by atoms with Crippen LogP contribution in [0.3, 0.4) is 0 Å². The molecule has 4 heteroatoms. The van der Waals surface area contributed by atoms with Gasteiger partial charge in [0, 0.05) is 24.0 Å². The quantitative estimate of drug-likeness (QED) is 0.460. The minimum Gasteiger partial charge on any atom is -0.469 e. The average Bonchev–Trinajstić information content (AvgIpc) is 2.72. The third-order valence-electron chi connectivity index (χ3n) is 4.57. The Labute approximate surface area is 157 Å². The van der Waals surface area contributed by atoms with Crippen molar-refractivity contribution in [3.05, 3.63) is 83.9 Å². The van der Waals surface area contributed by atoms with E-state index in [9.17, 15) is 14.4 Å². The Morgan fingerprint density at radius 3 is 2.00 bits per heavy atom. The molecule has 1 unspecified atom stereocenters. The van der Waals surface area contributed by atoms with E-state index in [0.717, 1.165) is 10.8 Å². The van der Waals surface area contributed by atoms with Gasteiger partial charge in [0.15, 0.2) is 11.6 Å².